The summed E-state index contributed by atoms with van der Waals surface area (Å²) < 4.78 is 7.36. The highest BCUT2D eigenvalue weighted by Crippen LogP contribution is 2.28. The quantitative estimate of drug-likeness (QED) is 0.862. The van der Waals surface area contributed by atoms with Crippen LogP contribution in [-0.4, -0.2) is 45.3 Å². The van der Waals surface area contributed by atoms with Gasteiger partial charge in [-0.25, -0.2) is 4.98 Å². The lowest BCUT2D eigenvalue weighted by Gasteiger charge is -2.31. The molecule has 0 N–H and O–H groups in total. The van der Waals surface area contributed by atoms with Gasteiger partial charge in [0.1, 0.15) is 5.69 Å². The molecule has 3 heterocycles. The average molecular weight is 306 g/mol. The number of carbonyl (C=O) groups excluding carboxylic acids is 1. The molecule has 0 aromatic carbocycles. The van der Waals surface area contributed by atoms with E-state index >= 15 is 0 Å². The molecule has 7 heteroatoms. The number of rotatable bonds is 4. The molecule has 0 aliphatic carbocycles. The minimum absolute atomic E-state index is 0.0211. The fourth-order valence-electron chi connectivity index (χ4n) is 2.67. The van der Waals surface area contributed by atoms with Gasteiger partial charge in [0.2, 0.25) is 0 Å². The Morgan fingerprint density at radius 3 is 3.14 bits per heavy atom. The number of hydrogen-bond acceptors (Lipinski definition) is 5. The Kier molecular flexibility index (Phi) is 4.03. The maximum atomic E-state index is 12.5. The first-order valence-electron chi connectivity index (χ1n) is 6.96. The van der Waals surface area contributed by atoms with Crippen molar-refractivity contribution in [1.82, 2.24) is 19.7 Å². The van der Waals surface area contributed by atoms with Crippen molar-refractivity contribution in [3.63, 3.8) is 0 Å². The van der Waals surface area contributed by atoms with Gasteiger partial charge in [0.15, 0.2) is 0 Å². The summed E-state index contributed by atoms with van der Waals surface area (Å²) in [6.45, 7) is 4.43. The Labute approximate surface area is 127 Å². The molecule has 1 aliphatic rings. The number of aryl methyl sites for hydroxylation is 1. The van der Waals surface area contributed by atoms with E-state index in [1.165, 1.54) is 11.3 Å². The van der Waals surface area contributed by atoms with Gasteiger partial charge in [-0.05, 0) is 6.92 Å². The summed E-state index contributed by atoms with van der Waals surface area (Å²) in [5.41, 5.74) is 4.34. The van der Waals surface area contributed by atoms with Gasteiger partial charge in [0, 0.05) is 49.8 Å². The minimum Gasteiger partial charge on any atom is -0.381 e. The first kappa shape index (κ1) is 14.2. The molecule has 2 aromatic heterocycles. The number of hydrogen-bond donors (Lipinski definition) is 0. The van der Waals surface area contributed by atoms with Crippen molar-refractivity contribution >= 4 is 17.2 Å². The maximum absolute atomic E-state index is 12.5. The molecular formula is C14H18N4O2S. The highest BCUT2D eigenvalue weighted by Gasteiger charge is 2.31. The molecule has 112 valence electrons. The molecule has 0 spiro atoms. The van der Waals surface area contributed by atoms with Crippen molar-refractivity contribution in [2.45, 2.75) is 19.4 Å². The van der Waals surface area contributed by atoms with Crippen molar-refractivity contribution in [2.75, 3.05) is 19.8 Å². The first-order valence-corrected chi connectivity index (χ1v) is 7.91. The van der Waals surface area contributed by atoms with Crippen LogP contribution < -0.4 is 0 Å². The van der Waals surface area contributed by atoms with Crippen molar-refractivity contribution < 1.29 is 9.53 Å². The molecule has 1 unspecified atom stereocenters. The van der Waals surface area contributed by atoms with Gasteiger partial charge in [-0.2, -0.15) is 5.10 Å². The molecule has 0 saturated heterocycles. The van der Waals surface area contributed by atoms with Crippen molar-refractivity contribution in [2.24, 2.45) is 7.05 Å². The van der Waals surface area contributed by atoms with Gasteiger partial charge >= 0.3 is 0 Å². The Morgan fingerprint density at radius 2 is 2.43 bits per heavy atom. The summed E-state index contributed by atoms with van der Waals surface area (Å²) in [5, 5.41) is 6.32. The van der Waals surface area contributed by atoms with Crippen LogP contribution in [0.2, 0.25) is 0 Å². The van der Waals surface area contributed by atoms with E-state index in [9.17, 15) is 4.79 Å². The Balaban J connectivity index is 1.84. The summed E-state index contributed by atoms with van der Waals surface area (Å²) in [6.07, 6.45) is 1.98. The van der Waals surface area contributed by atoms with E-state index < -0.39 is 0 Å². The van der Waals surface area contributed by atoms with E-state index in [0.29, 0.717) is 32.0 Å². The van der Waals surface area contributed by atoms with Crippen molar-refractivity contribution in [1.29, 1.82) is 0 Å². The second-order valence-electron chi connectivity index (χ2n) is 5.13. The zero-order valence-corrected chi connectivity index (χ0v) is 13.0. The molecule has 2 aromatic rings. The van der Waals surface area contributed by atoms with Gasteiger partial charge < -0.3 is 9.64 Å². The Bertz CT molecular complexity index is 623. The third-order valence-electron chi connectivity index (χ3n) is 3.59. The van der Waals surface area contributed by atoms with Crippen molar-refractivity contribution in [3.05, 3.63) is 34.0 Å². The minimum atomic E-state index is -0.0211. The molecule has 0 fully saturated rings. The van der Waals surface area contributed by atoms with Gasteiger partial charge in [-0.1, -0.05) is 0 Å². The average Bonchev–Trinajstić information content (AvgIpc) is 3.11. The number of ether oxygens (including phenoxy) is 1. The number of aromatic nitrogens is 3. The van der Waals surface area contributed by atoms with Crippen LogP contribution >= 0.6 is 11.3 Å². The van der Waals surface area contributed by atoms with Crippen LogP contribution in [0.5, 0.6) is 0 Å². The number of thiazole rings is 1. The second-order valence-corrected chi connectivity index (χ2v) is 5.85. The lowest BCUT2D eigenvalue weighted by atomic mass is 9.97. The number of fused-ring (bicyclic) bond motifs is 1. The SMILES string of the molecule is CCOCC1CN(C(=O)c2cscn2)Cc2cn(C)nc21. The second kappa shape index (κ2) is 5.95. The lowest BCUT2D eigenvalue weighted by Crippen LogP contribution is -2.39. The molecule has 1 atom stereocenters. The van der Waals surface area contributed by atoms with E-state index in [2.05, 4.69) is 10.1 Å². The van der Waals surface area contributed by atoms with Crippen LogP contribution in [0.4, 0.5) is 0 Å². The molecule has 0 bridgehead atoms. The third kappa shape index (κ3) is 2.84. The maximum Gasteiger partial charge on any atom is 0.273 e. The normalized spacial score (nSPS) is 17.8. The smallest absolute Gasteiger partial charge is 0.273 e. The fraction of sp³-hybridized carbons (Fsp3) is 0.500. The Hall–Kier alpha value is -1.73. The molecule has 1 aliphatic heterocycles. The van der Waals surface area contributed by atoms with Crippen LogP contribution in [-0.2, 0) is 18.3 Å². The van der Waals surface area contributed by atoms with Gasteiger partial charge in [-0.15, -0.1) is 11.3 Å². The first-order chi connectivity index (χ1) is 10.2. The predicted molar refractivity (Wildman–Crippen MR) is 79.3 cm³/mol. The summed E-state index contributed by atoms with van der Waals surface area (Å²) in [7, 11) is 1.91. The largest absolute Gasteiger partial charge is 0.381 e. The molecular weight excluding hydrogens is 288 g/mol. The van der Waals surface area contributed by atoms with E-state index in [-0.39, 0.29) is 11.8 Å². The molecule has 3 rings (SSSR count). The highest BCUT2D eigenvalue weighted by atomic mass is 32.1. The number of carbonyl (C=O) groups is 1. The van der Waals surface area contributed by atoms with Crippen LogP contribution in [0.25, 0.3) is 0 Å². The fourth-order valence-corrected chi connectivity index (χ4v) is 3.20. The van der Waals surface area contributed by atoms with Gasteiger partial charge in [0.05, 0.1) is 17.8 Å². The molecule has 6 nitrogen and oxygen atoms in total. The van der Waals surface area contributed by atoms with Crippen molar-refractivity contribution in [3.8, 4) is 0 Å². The van der Waals surface area contributed by atoms with E-state index in [1.54, 1.807) is 15.6 Å². The van der Waals surface area contributed by atoms with Crippen LogP contribution in [0.15, 0.2) is 17.1 Å². The molecule has 1 amide bonds. The van der Waals surface area contributed by atoms with Crippen LogP contribution in [0.1, 0.15) is 34.6 Å². The zero-order chi connectivity index (χ0) is 14.8. The number of nitrogens with zero attached hydrogens (tertiary/aromatic N) is 4. The summed E-state index contributed by atoms with van der Waals surface area (Å²) in [5.74, 6) is 0.102. The standard InChI is InChI=1S/C14H18N4O2S/c1-3-20-7-11-6-18(14(19)12-8-21-9-15-12)5-10-4-17(2)16-13(10)11/h4,8-9,11H,3,5-7H2,1-2H3. The van der Waals surface area contributed by atoms with Crippen LogP contribution in [0, 0.1) is 0 Å². The van der Waals surface area contributed by atoms with Crippen LogP contribution in [0.3, 0.4) is 0 Å². The van der Waals surface area contributed by atoms with Gasteiger partial charge in [-0.3, -0.25) is 9.48 Å². The lowest BCUT2D eigenvalue weighted by molar-refractivity contribution is 0.0647. The van der Waals surface area contributed by atoms with E-state index in [4.69, 9.17) is 4.74 Å². The summed E-state index contributed by atoms with van der Waals surface area (Å²) in [6, 6.07) is 0. The molecule has 21 heavy (non-hydrogen) atoms. The van der Waals surface area contributed by atoms with E-state index in [0.717, 1.165) is 11.3 Å². The highest BCUT2D eigenvalue weighted by molar-refractivity contribution is 7.07. The Morgan fingerprint density at radius 1 is 1.57 bits per heavy atom. The summed E-state index contributed by atoms with van der Waals surface area (Å²) >= 11 is 1.44. The predicted octanol–water partition coefficient (Wildman–Crippen LogP) is 1.65. The van der Waals surface area contributed by atoms with E-state index in [1.807, 2.05) is 25.1 Å². The monoisotopic (exact) mass is 306 g/mol. The number of amides is 1. The zero-order valence-electron chi connectivity index (χ0n) is 12.2. The molecule has 0 saturated carbocycles. The van der Waals surface area contributed by atoms with Gasteiger partial charge in [0.25, 0.3) is 5.91 Å². The summed E-state index contributed by atoms with van der Waals surface area (Å²) in [4.78, 5) is 18.4. The third-order valence-corrected chi connectivity index (χ3v) is 4.17. The topological polar surface area (TPSA) is 60.2 Å². The molecule has 0 radical (unpaired) electrons.